The Morgan fingerprint density at radius 3 is 2.84 bits per heavy atom. The zero-order valence-electron chi connectivity index (χ0n) is 20.7. The molecule has 3 N–H and O–H groups in total. The number of benzene rings is 1. The Morgan fingerprint density at radius 1 is 1.13 bits per heavy atom. The summed E-state index contributed by atoms with van der Waals surface area (Å²) in [7, 11) is 3.68. The van der Waals surface area contributed by atoms with Crippen LogP contribution in [0.3, 0.4) is 0 Å². The maximum Gasteiger partial charge on any atom is 0.238 e. The molecular weight excluding hydrogens is 501 g/mol. The second-order valence-corrected chi connectivity index (χ2v) is 10.3. The molecule has 0 saturated carbocycles. The third-order valence-corrected chi connectivity index (χ3v) is 7.11. The number of aromatic nitrogens is 3. The minimum Gasteiger partial charge on any atom is -0.353 e. The van der Waals surface area contributed by atoms with Gasteiger partial charge >= 0.3 is 0 Å². The van der Waals surface area contributed by atoms with Gasteiger partial charge in [0.25, 0.3) is 0 Å². The van der Waals surface area contributed by atoms with E-state index in [9.17, 15) is 9.18 Å². The number of carbonyl (C=O) groups excluding carboxylic acids is 1. The first-order chi connectivity index (χ1) is 18.4. The van der Waals surface area contributed by atoms with Crippen molar-refractivity contribution in [1.82, 2.24) is 25.3 Å². The van der Waals surface area contributed by atoms with Crippen LogP contribution in [0.15, 0.2) is 72.1 Å². The lowest BCUT2D eigenvalue weighted by Gasteiger charge is -2.17. The lowest BCUT2D eigenvalue weighted by Crippen LogP contribution is -2.27. The minimum atomic E-state index is -0.213. The fourth-order valence-electron chi connectivity index (χ4n) is 4.53. The maximum absolute atomic E-state index is 13.7. The molecule has 38 heavy (non-hydrogen) atoms. The Balaban J connectivity index is 1.36. The number of nitrogens with zero attached hydrogens (tertiary/aromatic N) is 4. The largest absolute Gasteiger partial charge is 0.353 e. The molecule has 0 atom stereocenters. The van der Waals surface area contributed by atoms with E-state index in [1.54, 1.807) is 23.4 Å². The first-order valence-corrected chi connectivity index (χ1v) is 12.8. The monoisotopic (exact) mass is 525 g/mol. The molecule has 0 fully saturated rings. The van der Waals surface area contributed by atoms with Gasteiger partial charge in [-0.2, -0.15) is 9.49 Å². The molecule has 1 amide bonds. The summed E-state index contributed by atoms with van der Waals surface area (Å²) in [5.74, 6) is -0.115. The molecule has 5 aromatic rings. The van der Waals surface area contributed by atoms with Crippen LogP contribution in [-0.2, 0) is 11.3 Å². The summed E-state index contributed by atoms with van der Waals surface area (Å²) in [5, 5.41) is 8.26. The number of aromatic amines is 1. The molecule has 0 unspecified atom stereocenters. The Kier molecular flexibility index (Phi) is 6.18. The summed E-state index contributed by atoms with van der Waals surface area (Å²) in [6.45, 7) is 0.840. The number of fused-ring (bicyclic) bond motifs is 2. The van der Waals surface area contributed by atoms with Crippen LogP contribution in [0.1, 0.15) is 17.0 Å². The van der Waals surface area contributed by atoms with Gasteiger partial charge in [0, 0.05) is 38.7 Å². The second-order valence-electron chi connectivity index (χ2n) is 9.30. The van der Waals surface area contributed by atoms with Gasteiger partial charge < -0.3 is 20.6 Å². The van der Waals surface area contributed by atoms with Crippen LogP contribution in [0, 0.1) is 5.13 Å². The molecule has 0 saturated heterocycles. The summed E-state index contributed by atoms with van der Waals surface area (Å²) in [4.78, 5) is 27.6. The highest BCUT2D eigenvalue weighted by Crippen LogP contribution is 2.34. The Morgan fingerprint density at radius 2 is 2.03 bits per heavy atom. The number of thiophene rings is 1. The first-order valence-electron chi connectivity index (χ1n) is 12.0. The average Bonchev–Trinajstić information content (AvgIpc) is 3.54. The van der Waals surface area contributed by atoms with E-state index < -0.39 is 0 Å². The molecule has 0 aliphatic carbocycles. The molecule has 6 rings (SSSR count). The van der Waals surface area contributed by atoms with Crippen LogP contribution in [0.4, 0.5) is 10.1 Å². The molecule has 0 bridgehead atoms. The van der Waals surface area contributed by atoms with Crippen molar-refractivity contribution in [2.75, 3.05) is 26.0 Å². The minimum absolute atomic E-state index is 0.115. The van der Waals surface area contributed by atoms with Gasteiger partial charge in [-0.05, 0) is 50.5 Å². The summed E-state index contributed by atoms with van der Waals surface area (Å²) in [5.41, 5.74) is 10.4. The first kappa shape index (κ1) is 24.0. The smallest absolute Gasteiger partial charge is 0.238 e. The van der Waals surface area contributed by atoms with Gasteiger partial charge in [-0.15, -0.1) is 11.3 Å². The van der Waals surface area contributed by atoms with Crippen molar-refractivity contribution in [2.24, 2.45) is 5.10 Å². The van der Waals surface area contributed by atoms with Gasteiger partial charge in [0.05, 0.1) is 42.1 Å². The molecule has 190 valence electrons. The summed E-state index contributed by atoms with van der Waals surface area (Å²) < 4.78 is 13.7. The van der Waals surface area contributed by atoms with E-state index in [4.69, 9.17) is 4.98 Å². The molecule has 1 aliphatic heterocycles. The number of H-pyrrole nitrogens is 1. The fraction of sp³-hybridized carbons (Fsp3) is 0.143. The van der Waals surface area contributed by atoms with Crippen LogP contribution < -0.4 is 10.7 Å². The van der Waals surface area contributed by atoms with Crippen LogP contribution in [0.25, 0.3) is 32.6 Å². The normalized spacial score (nSPS) is 12.8. The van der Waals surface area contributed by atoms with E-state index in [-0.39, 0.29) is 17.6 Å². The van der Waals surface area contributed by atoms with E-state index in [2.05, 4.69) is 25.8 Å². The third kappa shape index (κ3) is 4.67. The predicted octanol–water partition coefficient (Wildman–Crippen LogP) is 4.85. The number of pyridine rings is 2. The zero-order valence-corrected chi connectivity index (χ0v) is 21.6. The van der Waals surface area contributed by atoms with Crippen molar-refractivity contribution >= 4 is 39.5 Å². The number of hydrogen-bond acceptors (Lipinski definition) is 7. The Labute approximate surface area is 222 Å². The molecule has 1 aliphatic rings. The molecule has 1 aromatic carbocycles. The number of likely N-dealkylation sites (N-methyl/N-ethyl adjacent to an activating group) is 1. The molecule has 0 spiro atoms. The molecule has 4 aromatic heterocycles. The van der Waals surface area contributed by atoms with Crippen LogP contribution in [0.2, 0.25) is 0 Å². The molecule has 0 radical (unpaired) electrons. The molecular formula is C28H24FN7OS. The number of halogens is 1. The molecule has 8 nitrogen and oxygen atoms in total. The van der Waals surface area contributed by atoms with Gasteiger partial charge in [-0.25, -0.2) is 4.98 Å². The van der Waals surface area contributed by atoms with Gasteiger partial charge in [0.1, 0.15) is 5.71 Å². The highest BCUT2D eigenvalue weighted by Gasteiger charge is 2.21. The van der Waals surface area contributed by atoms with Crippen molar-refractivity contribution < 1.29 is 9.18 Å². The van der Waals surface area contributed by atoms with Crippen LogP contribution >= 0.6 is 11.3 Å². The Bertz CT molecular complexity index is 1700. The average molecular weight is 526 g/mol. The topological polar surface area (TPSA) is 98.3 Å². The fourth-order valence-corrected chi connectivity index (χ4v) is 5.30. The van der Waals surface area contributed by atoms with E-state index >= 15 is 0 Å². The molecule has 10 heteroatoms. The number of carbonyl (C=O) groups is 1. The van der Waals surface area contributed by atoms with Gasteiger partial charge in [-0.1, -0.05) is 18.2 Å². The van der Waals surface area contributed by atoms with Gasteiger partial charge in [-0.3, -0.25) is 9.78 Å². The quantitative estimate of drug-likeness (QED) is 0.295. The number of rotatable bonds is 6. The van der Waals surface area contributed by atoms with Gasteiger partial charge in [0.15, 0.2) is 5.13 Å². The van der Waals surface area contributed by atoms with E-state index in [0.717, 1.165) is 60.9 Å². The van der Waals surface area contributed by atoms with Crippen molar-refractivity contribution in [3.8, 4) is 21.7 Å². The standard InChI is InChI=1S/C28H24FN7OS/c1-36(2)15-26(37)32-18-10-17(12-30-14-18)21-7-6-16-13-31-35-28(27(16)34-21)23-11-20-19(4-3-5-22(20)33-23)24-8-9-25(29)38-24/h3-12,14,31,33H,13,15H2,1-2H3,(H,32,37). The van der Waals surface area contributed by atoms with Crippen molar-refractivity contribution in [2.45, 2.75) is 6.54 Å². The Hall–Kier alpha value is -4.41. The SMILES string of the molecule is CN(C)CC(=O)Nc1cncc(-c2ccc3c(n2)C(c2cc4c(-c5ccc(F)s5)cccc4[nH]2)=NNC3)c1. The highest BCUT2D eigenvalue weighted by molar-refractivity contribution is 7.14. The number of amides is 1. The van der Waals surface area contributed by atoms with Crippen LogP contribution in [0.5, 0.6) is 0 Å². The lowest BCUT2D eigenvalue weighted by molar-refractivity contribution is -0.116. The van der Waals surface area contributed by atoms with Gasteiger partial charge in [0.2, 0.25) is 5.91 Å². The van der Waals surface area contributed by atoms with E-state index in [1.165, 1.54) is 6.07 Å². The molecule has 5 heterocycles. The highest BCUT2D eigenvalue weighted by atomic mass is 32.1. The van der Waals surface area contributed by atoms with E-state index in [1.807, 2.05) is 56.6 Å². The number of nitrogens with one attached hydrogen (secondary N) is 3. The summed E-state index contributed by atoms with van der Waals surface area (Å²) in [6.07, 6.45) is 3.34. The zero-order chi connectivity index (χ0) is 26.2. The number of anilines is 1. The van der Waals surface area contributed by atoms with Crippen molar-refractivity contribution in [1.29, 1.82) is 0 Å². The number of hydrazone groups is 1. The van der Waals surface area contributed by atoms with Crippen LogP contribution in [-0.4, -0.2) is 52.1 Å². The summed E-state index contributed by atoms with van der Waals surface area (Å²) >= 11 is 1.13. The third-order valence-electron chi connectivity index (χ3n) is 6.20. The van der Waals surface area contributed by atoms with Crippen molar-refractivity contribution in [3.63, 3.8) is 0 Å². The number of hydrogen-bond donors (Lipinski definition) is 3. The van der Waals surface area contributed by atoms with Crippen molar-refractivity contribution in [3.05, 3.63) is 89.1 Å². The lowest BCUT2D eigenvalue weighted by atomic mass is 10.0. The summed E-state index contributed by atoms with van der Waals surface area (Å²) in [6, 6.07) is 17.1. The predicted molar refractivity (Wildman–Crippen MR) is 149 cm³/mol. The second kappa shape index (κ2) is 9.81. The maximum atomic E-state index is 13.7. The van der Waals surface area contributed by atoms with E-state index in [0.29, 0.717) is 17.9 Å².